The van der Waals surface area contributed by atoms with Crippen LogP contribution in [0.2, 0.25) is 0 Å². The average molecular weight is 515 g/mol. The van der Waals surface area contributed by atoms with Gasteiger partial charge in [-0.1, -0.05) is 60.7 Å². The monoisotopic (exact) mass is 514 g/mol. The molecule has 0 radical (unpaired) electrons. The lowest BCUT2D eigenvalue weighted by molar-refractivity contribution is 0.620. The number of nitrogens with zero attached hydrogens (tertiary/aromatic N) is 4. The number of benzene rings is 4. The van der Waals surface area contributed by atoms with Gasteiger partial charge in [0, 0.05) is 45.9 Å². The number of hydrogen-bond donors (Lipinski definition) is 0. The standard InChI is InChI=1S/C35H22N4O/c1-3-15-31-28(11-1)34-27(12-8-20-37-34)26-18-17-24(35-38-30-14-2-4-16-33(30)40-35)22-32(26)39(31)25-10-7-9-23(21-25)29-13-5-6-19-36-29/h1-22H. The summed E-state index contributed by atoms with van der Waals surface area (Å²) in [6.45, 7) is 0. The zero-order valence-corrected chi connectivity index (χ0v) is 21.4. The zero-order valence-electron chi connectivity index (χ0n) is 21.4. The summed E-state index contributed by atoms with van der Waals surface area (Å²) in [5.74, 6) is 0.593. The zero-order chi connectivity index (χ0) is 26.5. The topological polar surface area (TPSA) is 55.1 Å². The van der Waals surface area contributed by atoms with Gasteiger partial charge in [0.05, 0.1) is 22.8 Å². The molecule has 0 spiro atoms. The fraction of sp³-hybridized carbons (Fsp3) is 0. The first kappa shape index (κ1) is 22.4. The Kier molecular flexibility index (Phi) is 5.07. The first-order valence-corrected chi connectivity index (χ1v) is 13.2. The summed E-state index contributed by atoms with van der Waals surface area (Å²) in [7, 11) is 0. The molecular formula is C35H22N4O. The van der Waals surface area contributed by atoms with Crippen LogP contribution < -0.4 is 4.90 Å². The van der Waals surface area contributed by atoms with E-state index < -0.39 is 0 Å². The van der Waals surface area contributed by atoms with Crippen LogP contribution in [-0.2, 0) is 0 Å². The van der Waals surface area contributed by atoms with E-state index in [0.29, 0.717) is 5.89 Å². The Morgan fingerprint density at radius 2 is 1.40 bits per heavy atom. The minimum atomic E-state index is 0.593. The summed E-state index contributed by atoms with van der Waals surface area (Å²) in [6, 6.07) is 41.4. The number of anilines is 3. The van der Waals surface area contributed by atoms with Crippen molar-refractivity contribution in [1.82, 2.24) is 15.0 Å². The predicted molar refractivity (Wildman–Crippen MR) is 160 cm³/mol. The molecule has 1 aliphatic rings. The van der Waals surface area contributed by atoms with Gasteiger partial charge < -0.3 is 9.32 Å². The van der Waals surface area contributed by atoms with Gasteiger partial charge in [0.1, 0.15) is 5.52 Å². The molecule has 0 atom stereocenters. The van der Waals surface area contributed by atoms with Crippen LogP contribution in [0, 0.1) is 0 Å². The summed E-state index contributed by atoms with van der Waals surface area (Å²) < 4.78 is 6.18. The van der Waals surface area contributed by atoms with E-state index in [-0.39, 0.29) is 0 Å². The molecule has 0 fully saturated rings. The van der Waals surface area contributed by atoms with Crippen LogP contribution in [0.5, 0.6) is 0 Å². The molecule has 0 unspecified atom stereocenters. The second-order valence-electron chi connectivity index (χ2n) is 9.74. The summed E-state index contributed by atoms with van der Waals surface area (Å²) in [5, 5.41) is 0. The van der Waals surface area contributed by atoms with E-state index in [9.17, 15) is 0 Å². The highest BCUT2D eigenvalue weighted by Gasteiger charge is 2.27. The Labute approximate surface area is 231 Å². The number of fused-ring (bicyclic) bond motifs is 6. The molecule has 4 aromatic carbocycles. The Morgan fingerprint density at radius 1 is 0.550 bits per heavy atom. The highest BCUT2D eigenvalue weighted by molar-refractivity contribution is 6.02. The summed E-state index contributed by atoms with van der Waals surface area (Å²) in [6.07, 6.45) is 3.69. The minimum Gasteiger partial charge on any atom is -0.436 e. The van der Waals surface area contributed by atoms with E-state index >= 15 is 0 Å². The maximum Gasteiger partial charge on any atom is 0.227 e. The van der Waals surface area contributed by atoms with Gasteiger partial charge >= 0.3 is 0 Å². The van der Waals surface area contributed by atoms with Gasteiger partial charge in [0.15, 0.2) is 5.58 Å². The number of rotatable bonds is 3. The van der Waals surface area contributed by atoms with E-state index in [2.05, 4.69) is 82.7 Å². The van der Waals surface area contributed by atoms with Crippen molar-refractivity contribution in [3.8, 4) is 45.1 Å². The average Bonchev–Trinajstić information content (AvgIpc) is 3.42. The molecule has 40 heavy (non-hydrogen) atoms. The SMILES string of the molecule is c1ccc(-c2cccc(N3c4cc(-c5nc6ccccc6o5)ccc4-c4cccnc4-c4ccccc43)c2)nc1. The highest BCUT2D eigenvalue weighted by Crippen LogP contribution is 2.51. The summed E-state index contributed by atoms with van der Waals surface area (Å²) in [4.78, 5) is 16.6. The van der Waals surface area contributed by atoms with Crippen molar-refractivity contribution >= 4 is 28.2 Å². The van der Waals surface area contributed by atoms with Crippen molar-refractivity contribution in [2.45, 2.75) is 0 Å². The van der Waals surface area contributed by atoms with Crippen molar-refractivity contribution in [3.63, 3.8) is 0 Å². The highest BCUT2D eigenvalue weighted by atomic mass is 16.3. The first-order chi connectivity index (χ1) is 19.8. The number of pyridine rings is 2. The second kappa shape index (κ2) is 9.03. The smallest absolute Gasteiger partial charge is 0.227 e. The van der Waals surface area contributed by atoms with Crippen LogP contribution in [0.3, 0.4) is 0 Å². The maximum atomic E-state index is 6.18. The molecule has 0 amide bonds. The summed E-state index contributed by atoms with van der Waals surface area (Å²) >= 11 is 0. The largest absolute Gasteiger partial charge is 0.436 e. The third-order valence-corrected chi connectivity index (χ3v) is 7.34. The molecular weight excluding hydrogens is 492 g/mol. The molecule has 0 aliphatic carbocycles. The van der Waals surface area contributed by atoms with Crippen LogP contribution in [0.1, 0.15) is 0 Å². The molecule has 0 bridgehead atoms. The number of para-hydroxylation sites is 3. The lowest BCUT2D eigenvalue weighted by Gasteiger charge is -2.28. The van der Waals surface area contributed by atoms with Gasteiger partial charge in [-0.05, 0) is 60.7 Å². The molecule has 0 N–H and O–H groups in total. The van der Waals surface area contributed by atoms with Crippen molar-refractivity contribution < 1.29 is 4.42 Å². The van der Waals surface area contributed by atoms with Crippen molar-refractivity contribution in [2.75, 3.05) is 4.90 Å². The number of hydrogen-bond acceptors (Lipinski definition) is 5. The van der Waals surface area contributed by atoms with Crippen molar-refractivity contribution in [3.05, 3.63) is 134 Å². The van der Waals surface area contributed by atoms with Crippen LogP contribution in [-0.4, -0.2) is 15.0 Å². The molecule has 7 aromatic rings. The Morgan fingerprint density at radius 3 is 2.33 bits per heavy atom. The fourth-order valence-electron chi connectivity index (χ4n) is 5.53. The van der Waals surface area contributed by atoms with Crippen LogP contribution in [0.25, 0.3) is 56.2 Å². The maximum absolute atomic E-state index is 6.18. The minimum absolute atomic E-state index is 0.593. The van der Waals surface area contributed by atoms with Gasteiger partial charge in [0.2, 0.25) is 5.89 Å². The molecule has 1 aliphatic heterocycles. The molecule has 4 heterocycles. The van der Waals surface area contributed by atoms with Gasteiger partial charge in [-0.25, -0.2) is 4.98 Å². The van der Waals surface area contributed by atoms with Gasteiger partial charge in [0.25, 0.3) is 0 Å². The van der Waals surface area contributed by atoms with E-state index in [1.165, 1.54) is 0 Å². The molecule has 5 heteroatoms. The normalized spacial score (nSPS) is 11.9. The first-order valence-electron chi connectivity index (χ1n) is 13.2. The summed E-state index contributed by atoms with van der Waals surface area (Å²) in [5.41, 5.74) is 11.8. The molecule has 5 nitrogen and oxygen atoms in total. The van der Waals surface area contributed by atoms with Crippen LogP contribution in [0.15, 0.2) is 138 Å². The van der Waals surface area contributed by atoms with Gasteiger partial charge in [-0.15, -0.1) is 0 Å². The van der Waals surface area contributed by atoms with E-state index in [0.717, 1.165) is 67.4 Å². The molecule has 8 rings (SSSR count). The molecule has 3 aromatic heterocycles. The quantitative estimate of drug-likeness (QED) is 0.235. The predicted octanol–water partition coefficient (Wildman–Crippen LogP) is 9.07. The number of oxazole rings is 1. The van der Waals surface area contributed by atoms with Crippen molar-refractivity contribution in [1.29, 1.82) is 0 Å². The Hall–Kier alpha value is -5.55. The van der Waals surface area contributed by atoms with Crippen LogP contribution in [0.4, 0.5) is 17.1 Å². The molecule has 0 saturated carbocycles. The fourth-order valence-corrected chi connectivity index (χ4v) is 5.53. The lowest BCUT2D eigenvalue weighted by atomic mass is 9.98. The van der Waals surface area contributed by atoms with Crippen molar-refractivity contribution in [2.24, 2.45) is 0 Å². The van der Waals surface area contributed by atoms with Gasteiger partial charge in [-0.3, -0.25) is 9.97 Å². The molecule has 0 saturated heterocycles. The van der Waals surface area contributed by atoms with Gasteiger partial charge in [-0.2, -0.15) is 0 Å². The third-order valence-electron chi connectivity index (χ3n) is 7.34. The Balaban J connectivity index is 1.40. The molecule has 188 valence electrons. The Bertz CT molecular complexity index is 2000. The van der Waals surface area contributed by atoms with E-state index in [4.69, 9.17) is 14.4 Å². The second-order valence-corrected chi connectivity index (χ2v) is 9.74. The third kappa shape index (κ3) is 3.60. The number of aromatic nitrogens is 3. The van der Waals surface area contributed by atoms with Crippen LogP contribution >= 0.6 is 0 Å². The van der Waals surface area contributed by atoms with E-state index in [1.807, 2.05) is 60.9 Å². The van der Waals surface area contributed by atoms with E-state index in [1.54, 1.807) is 0 Å². The lowest BCUT2D eigenvalue weighted by Crippen LogP contribution is -2.11.